The predicted molar refractivity (Wildman–Crippen MR) is 84.7 cm³/mol. The Morgan fingerprint density at radius 2 is 1.64 bits per heavy atom. The van der Waals surface area contributed by atoms with Gasteiger partial charge in [-0.05, 0) is 0 Å². The van der Waals surface area contributed by atoms with Gasteiger partial charge in [0.05, 0.1) is 0 Å². The third kappa shape index (κ3) is 4.09. The molecule has 1 heterocycles. The molecule has 22 heavy (non-hydrogen) atoms. The van der Waals surface area contributed by atoms with Crippen molar-refractivity contribution in [3.8, 4) is 0 Å². The Morgan fingerprint density at radius 3 is 2.18 bits per heavy atom. The van der Waals surface area contributed by atoms with Gasteiger partial charge in [0.15, 0.2) is 0 Å². The molecule has 2 rings (SSSR count). The van der Waals surface area contributed by atoms with Crippen molar-refractivity contribution in [3.05, 3.63) is 30.3 Å². The Kier molecular flexibility index (Phi) is 7.31. The fourth-order valence-corrected chi connectivity index (χ4v) is 5.46. The van der Waals surface area contributed by atoms with E-state index in [0.29, 0.717) is 6.61 Å². The molecule has 1 aliphatic rings. The van der Waals surface area contributed by atoms with E-state index in [9.17, 15) is 0 Å². The summed E-state index contributed by atoms with van der Waals surface area (Å²) < 4.78 is 29.6. The van der Waals surface area contributed by atoms with Gasteiger partial charge in [-0.1, -0.05) is 0 Å². The number of ether oxygens (including phenoxy) is 5. The van der Waals surface area contributed by atoms with E-state index >= 15 is 0 Å². The first-order chi connectivity index (χ1) is 10.7. The number of hydrogen-bond donors (Lipinski definition) is 0. The fraction of sp³-hybridized carbons (Fsp3) is 0.625. The van der Waals surface area contributed by atoms with Crippen molar-refractivity contribution in [3.63, 3.8) is 0 Å². The number of hydrogen-bond acceptors (Lipinski definition) is 5. The third-order valence-corrected chi connectivity index (χ3v) is 6.46. The van der Waals surface area contributed by atoms with Crippen LogP contribution in [0.25, 0.3) is 0 Å². The van der Waals surface area contributed by atoms with E-state index in [0.717, 1.165) is 0 Å². The summed E-state index contributed by atoms with van der Waals surface area (Å²) in [6.07, 6.45) is -0.791. The van der Waals surface area contributed by atoms with Gasteiger partial charge in [0, 0.05) is 0 Å². The molecule has 5 atom stereocenters. The Balaban J connectivity index is 2.21. The van der Waals surface area contributed by atoms with Gasteiger partial charge in [-0.25, -0.2) is 0 Å². The zero-order valence-electron chi connectivity index (χ0n) is 13.4. The van der Waals surface area contributed by atoms with Crippen molar-refractivity contribution in [1.82, 2.24) is 0 Å². The van der Waals surface area contributed by atoms with Crippen LogP contribution in [-0.2, 0) is 23.7 Å². The molecule has 124 valence electrons. The maximum absolute atomic E-state index is 6.06. The fourth-order valence-electron chi connectivity index (χ4n) is 2.70. The van der Waals surface area contributed by atoms with Crippen molar-refractivity contribution in [1.29, 1.82) is 0 Å². The number of benzene rings is 1. The Bertz CT molecular complexity index is 430. The molecule has 0 aliphatic carbocycles. The van der Waals surface area contributed by atoms with Crippen LogP contribution in [0.3, 0.4) is 0 Å². The van der Waals surface area contributed by atoms with E-state index in [1.54, 1.807) is 28.4 Å². The zero-order valence-corrected chi connectivity index (χ0v) is 15.1. The third-order valence-electron chi connectivity index (χ3n) is 3.71. The Labute approximate surface area is 138 Å². The van der Waals surface area contributed by atoms with Crippen LogP contribution in [0, 0.1) is 0 Å². The molecule has 6 heteroatoms. The normalized spacial score (nSPS) is 32.1. The summed E-state index contributed by atoms with van der Waals surface area (Å²) in [5, 5.41) is 0. The molecule has 5 nitrogen and oxygen atoms in total. The first kappa shape index (κ1) is 17.9. The molecule has 0 amide bonds. The van der Waals surface area contributed by atoms with E-state index in [1.807, 2.05) is 18.2 Å². The summed E-state index contributed by atoms with van der Waals surface area (Å²) in [5.74, 6) is 0. The minimum atomic E-state index is -0.322. The summed E-state index contributed by atoms with van der Waals surface area (Å²) >= 11 is 0.150. The summed E-state index contributed by atoms with van der Waals surface area (Å²) in [7, 11) is 6.72. The van der Waals surface area contributed by atoms with Crippen LogP contribution < -0.4 is 4.46 Å². The van der Waals surface area contributed by atoms with Gasteiger partial charge in [0.2, 0.25) is 0 Å². The second kappa shape index (κ2) is 8.99. The molecule has 0 radical (unpaired) electrons. The topological polar surface area (TPSA) is 46.2 Å². The molecule has 0 unspecified atom stereocenters. The van der Waals surface area contributed by atoms with Crippen molar-refractivity contribution in [2.75, 3.05) is 35.0 Å². The maximum atomic E-state index is 6.06. The van der Waals surface area contributed by atoms with Crippen LogP contribution in [0.1, 0.15) is 0 Å². The first-order valence-electron chi connectivity index (χ1n) is 7.19. The van der Waals surface area contributed by atoms with Crippen LogP contribution in [-0.4, -0.2) is 74.6 Å². The summed E-state index contributed by atoms with van der Waals surface area (Å²) in [4.78, 5) is 0.114. The number of methoxy groups -OCH3 is 4. The molecule has 1 aliphatic heterocycles. The molecule has 1 saturated heterocycles. The van der Waals surface area contributed by atoms with Crippen LogP contribution in [0.5, 0.6) is 0 Å². The van der Waals surface area contributed by atoms with Gasteiger partial charge >= 0.3 is 138 Å². The van der Waals surface area contributed by atoms with Crippen LogP contribution >= 0.6 is 0 Å². The van der Waals surface area contributed by atoms with Gasteiger partial charge in [0.1, 0.15) is 0 Å². The SMILES string of the molecule is COC[C@H]1O[C@@H](OC)[C@@H]([Se]c2ccccc2)[C@@H](OC)[C@@H]1OC. The van der Waals surface area contributed by atoms with Crippen molar-refractivity contribution in [2.45, 2.75) is 29.4 Å². The zero-order chi connectivity index (χ0) is 15.9. The summed E-state index contributed by atoms with van der Waals surface area (Å²) in [6.45, 7) is 0.448. The predicted octanol–water partition coefficient (Wildman–Crippen LogP) is 0.852. The molecule has 0 bridgehead atoms. The summed E-state index contributed by atoms with van der Waals surface area (Å²) in [5.41, 5.74) is 0. The molecule has 0 spiro atoms. The van der Waals surface area contributed by atoms with E-state index in [4.69, 9.17) is 23.7 Å². The quantitative estimate of drug-likeness (QED) is 0.662. The van der Waals surface area contributed by atoms with Gasteiger partial charge in [-0.15, -0.1) is 0 Å². The van der Waals surface area contributed by atoms with E-state index < -0.39 is 0 Å². The van der Waals surface area contributed by atoms with Crippen molar-refractivity contribution < 1.29 is 23.7 Å². The van der Waals surface area contributed by atoms with Gasteiger partial charge in [-0.2, -0.15) is 0 Å². The molecular formula is C16H24O5Se. The average Bonchev–Trinajstić information content (AvgIpc) is 2.56. The standard InChI is InChI=1S/C16H24O5Se/c1-17-10-12-13(18-2)14(19-3)15(16(20-4)21-12)22-11-8-6-5-7-9-11/h5-9,12-16H,10H2,1-4H3/t12-,13-,14+,15+,16-/m1/s1. The summed E-state index contributed by atoms with van der Waals surface area (Å²) in [6, 6.07) is 10.4. The van der Waals surface area contributed by atoms with Crippen LogP contribution in [0.15, 0.2) is 30.3 Å². The van der Waals surface area contributed by atoms with Crippen molar-refractivity contribution in [2.24, 2.45) is 0 Å². The van der Waals surface area contributed by atoms with E-state index in [2.05, 4.69) is 12.1 Å². The van der Waals surface area contributed by atoms with Crippen LogP contribution in [0.4, 0.5) is 0 Å². The van der Waals surface area contributed by atoms with E-state index in [-0.39, 0.29) is 44.4 Å². The molecule has 1 aromatic carbocycles. The van der Waals surface area contributed by atoms with Crippen molar-refractivity contribution >= 4 is 19.4 Å². The van der Waals surface area contributed by atoms with Gasteiger partial charge in [-0.3, -0.25) is 0 Å². The monoisotopic (exact) mass is 376 g/mol. The van der Waals surface area contributed by atoms with Crippen LogP contribution in [0.2, 0.25) is 4.82 Å². The van der Waals surface area contributed by atoms with Gasteiger partial charge < -0.3 is 0 Å². The molecule has 1 aromatic rings. The molecular weight excluding hydrogens is 351 g/mol. The van der Waals surface area contributed by atoms with Gasteiger partial charge in [0.25, 0.3) is 0 Å². The second-order valence-electron chi connectivity index (χ2n) is 5.03. The molecule has 0 N–H and O–H groups in total. The molecule has 0 aromatic heterocycles. The first-order valence-corrected chi connectivity index (χ1v) is 9.04. The van der Waals surface area contributed by atoms with E-state index in [1.165, 1.54) is 4.46 Å². The Morgan fingerprint density at radius 1 is 0.955 bits per heavy atom. The second-order valence-corrected chi connectivity index (χ2v) is 7.66. The minimum absolute atomic E-state index is 0.0935. The average molecular weight is 375 g/mol. The number of rotatable bonds is 7. The Hall–Kier alpha value is -0.461. The molecule has 0 saturated carbocycles. The molecule has 1 fully saturated rings.